The van der Waals surface area contributed by atoms with Crippen LogP contribution in [-0.2, 0) is 0 Å². The summed E-state index contributed by atoms with van der Waals surface area (Å²) < 4.78 is 0. The van der Waals surface area contributed by atoms with E-state index in [2.05, 4.69) is 27.0 Å². The first-order valence-corrected chi connectivity index (χ1v) is 6.75. The molecule has 0 aliphatic carbocycles. The van der Waals surface area contributed by atoms with Crippen molar-refractivity contribution < 1.29 is 0 Å². The molecule has 0 aromatic carbocycles. The van der Waals surface area contributed by atoms with Crippen molar-refractivity contribution in [3.05, 3.63) is 11.2 Å². The third-order valence-corrected chi connectivity index (χ3v) is 3.38. The predicted molar refractivity (Wildman–Crippen MR) is 72.3 cm³/mol. The quantitative estimate of drug-likeness (QED) is 0.759. The maximum Gasteiger partial charge on any atom is 0.128 e. The summed E-state index contributed by atoms with van der Waals surface area (Å²) in [5.74, 6) is 1.03. The maximum absolute atomic E-state index is 6.04. The molecule has 1 saturated heterocycles. The highest BCUT2D eigenvalue weighted by molar-refractivity contribution is 6.31. The van der Waals surface area contributed by atoms with Crippen molar-refractivity contribution in [1.29, 1.82) is 0 Å². The average Bonchev–Trinajstić information content (AvgIpc) is 2.29. The highest BCUT2D eigenvalue weighted by atomic mass is 35.5. The van der Waals surface area contributed by atoms with Crippen molar-refractivity contribution in [2.75, 3.05) is 32.7 Å². The lowest BCUT2D eigenvalue weighted by Crippen LogP contribution is -2.49. The maximum atomic E-state index is 6.04. The molecule has 2 rings (SSSR count). The van der Waals surface area contributed by atoms with Crippen LogP contribution in [0.25, 0.3) is 0 Å². The summed E-state index contributed by atoms with van der Waals surface area (Å²) in [6, 6.07) is 0. The second-order valence-corrected chi connectivity index (χ2v) is 5.04. The van der Waals surface area contributed by atoms with Crippen molar-refractivity contribution >= 4 is 17.4 Å². The van der Waals surface area contributed by atoms with Crippen molar-refractivity contribution in [2.24, 2.45) is 4.99 Å². The lowest BCUT2D eigenvalue weighted by atomic mass is 10.2. The third kappa shape index (κ3) is 3.36. The van der Waals surface area contributed by atoms with Gasteiger partial charge in [-0.2, -0.15) is 0 Å². The lowest BCUT2D eigenvalue weighted by Gasteiger charge is -2.36. The van der Waals surface area contributed by atoms with Crippen molar-refractivity contribution in [1.82, 2.24) is 15.1 Å². The second-order valence-electron chi connectivity index (χ2n) is 4.63. The Balaban J connectivity index is 1.92. The van der Waals surface area contributed by atoms with Crippen LogP contribution in [0.2, 0.25) is 0 Å². The zero-order valence-electron chi connectivity index (χ0n) is 10.6. The van der Waals surface area contributed by atoms with Gasteiger partial charge in [-0.15, -0.1) is 0 Å². The molecule has 1 fully saturated rings. The lowest BCUT2D eigenvalue weighted by molar-refractivity contribution is 0.182. The van der Waals surface area contributed by atoms with Crippen molar-refractivity contribution in [3.8, 4) is 0 Å². The number of nitrogens with zero attached hydrogens (tertiary/aromatic N) is 3. The highest BCUT2D eigenvalue weighted by Crippen LogP contribution is 2.11. The molecule has 1 unspecified atom stereocenters. The molecular weight excluding hydrogens is 236 g/mol. The monoisotopic (exact) mass is 256 g/mol. The highest BCUT2D eigenvalue weighted by Gasteiger charge is 2.20. The Morgan fingerprint density at radius 3 is 2.71 bits per heavy atom. The van der Waals surface area contributed by atoms with Gasteiger partial charge >= 0.3 is 0 Å². The molecule has 2 aliphatic rings. The van der Waals surface area contributed by atoms with Gasteiger partial charge in [-0.1, -0.05) is 18.5 Å². The van der Waals surface area contributed by atoms with E-state index >= 15 is 0 Å². The van der Waals surface area contributed by atoms with Gasteiger partial charge in [-0.25, -0.2) is 4.99 Å². The van der Waals surface area contributed by atoms with Crippen LogP contribution in [0.3, 0.4) is 0 Å². The smallest absolute Gasteiger partial charge is 0.128 e. The SMILES string of the molecule is CCCN1CCN(C2=NC(C)NC(Cl)=C2)CC1. The molecule has 0 aromatic rings. The van der Waals surface area contributed by atoms with Crippen LogP contribution >= 0.6 is 11.6 Å². The van der Waals surface area contributed by atoms with Gasteiger partial charge in [0.2, 0.25) is 0 Å². The van der Waals surface area contributed by atoms with Crippen LogP contribution in [0.5, 0.6) is 0 Å². The predicted octanol–water partition coefficient (Wildman–Crippen LogP) is 1.44. The Bertz CT molecular complexity index is 318. The standard InChI is InChI=1S/C12H21ClN4/c1-3-4-16-5-7-17(8-6-16)12-9-11(13)14-10(2)15-12/h9-10,14H,3-8H2,1-2H3. The summed E-state index contributed by atoms with van der Waals surface area (Å²) >= 11 is 6.04. The molecule has 0 radical (unpaired) electrons. The van der Waals surface area contributed by atoms with Crippen molar-refractivity contribution in [2.45, 2.75) is 26.4 Å². The summed E-state index contributed by atoms with van der Waals surface area (Å²) in [6.45, 7) is 9.80. The molecule has 0 saturated carbocycles. The Morgan fingerprint density at radius 2 is 2.12 bits per heavy atom. The van der Waals surface area contributed by atoms with E-state index in [4.69, 9.17) is 11.6 Å². The average molecular weight is 257 g/mol. The van der Waals surface area contributed by atoms with Gasteiger partial charge in [0, 0.05) is 32.3 Å². The van der Waals surface area contributed by atoms with E-state index in [0.717, 1.165) is 32.0 Å². The van der Waals surface area contributed by atoms with E-state index in [-0.39, 0.29) is 6.17 Å². The molecule has 1 atom stereocenters. The van der Waals surface area contributed by atoms with Gasteiger partial charge in [0.25, 0.3) is 0 Å². The molecule has 0 spiro atoms. The van der Waals surface area contributed by atoms with Crippen LogP contribution < -0.4 is 5.32 Å². The topological polar surface area (TPSA) is 30.9 Å². The fourth-order valence-electron chi connectivity index (χ4n) is 2.31. The van der Waals surface area contributed by atoms with E-state index in [1.54, 1.807) is 0 Å². The number of aliphatic imine (C=N–C) groups is 1. The van der Waals surface area contributed by atoms with Gasteiger partial charge in [0.05, 0.1) is 0 Å². The van der Waals surface area contributed by atoms with Crippen LogP contribution in [0.1, 0.15) is 20.3 Å². The number of nitrogens with one attached hydrogen (secondary N) is 1. The Labute approximate surface area is 108 Å². The first-order chi connectivity index (χ1) is 8.19. The number of piperazine rings is 1. The first-order valence-electron chi connectivity index (χ1n) is 6.38. The molecule has 1 N–H and O–H groups in total. The van der Waals surface area contributed by atoms with E-state index in [0.29, 0.717) is 5.16 Å². The molecule has 17 heavy (non-hydrogen) atoms. The van der Waals surface area contributed by atoms with E-state index in [9.17, 15) is 0 Å². The van der Waals surface area contributed by atoms with E-state index < -0.39 is 0 Å². The van der Waals surface area contributed by atoms with Gasteiger partial charge < -0.3 is 10.2 Å². The zero-order chi connectivity index (χ0) is 12.3. The molecular formula is C12H21ClN4. The number of hydrogen-bond donors (Lipinski definition) is 1. The van der Waals surface area contributed by atoms with Crippen LogP contribution in [0, 0.1) is 0 Å². The second kappa shape index (κ2) is 5.74. The molecule has 4 nitrogen and oxygen atoms in total. The van der Waals surface area contributed by atoms with Crippen molar-refractivity contribution in [3.63, 3.8) is 0 Å². The number of amidine groups is 1. The third-order valence-electron chi connectivity index (χ3n) is 3.16. The Morgan fingerprint density at radius 1 is 1.41 bits per heavy atom. The van der Waals surface area contributed by atoms with E-state index in [1.807, 2.05) is 13.0 Å². The minimum absolute atomic E-state index is 0.0798. The minimum Gasteiger partial charge on any atom is -0.354 e. The van der Waals surface area contributed by atoms with Gasteiger partial charge in [0.15, 0.2) is 0 Å². The number of rotatable bonds is 2. The molecule has 2 aliphatic heterocycles. The molecule has 0 aromatic heterocycles. The summed E-state index contributed by atoms with van der Waals surface area (Å²) in [6.07, 6.45) is 3.24. The van der Waals surface area contributed by atoms with Crippen LogP contribution in [0.15, 0.2) is 16.2 Å². The fourth-order valence-corrected chi connectivity index (χ4v) is 2.57. The first kappa shape index (κ1) is 12.7. The van der Waals surface area contributed by atoms with E-state index in [1.165, 1.54) is 13.0 Å². The number of halogens is 1. The Kier molecular flexibility index (Phi) is 4.29. The molecule has 2 heterocycles. The molecule has 0 bridgehead atoms. The molecule has 96 valence electrons. The zero-order valence-corrected chi connectivity index (χ0v) is 11.4. The van der Waals surface area contributed by atoms with Crippen LogP contribution in [0.4, 0.5) is 0 Å². The largest absolute Gasteiger partial charge is 0.354 e. The van der Waals surface area contributed by atoms with Gasteiger partial charge in [-0.3, -0.25) is 4.90 Å². The number of hydrogen-bond acceptors (Lipinski definition) is 4. The normalized spacial score (nSPS) is 26.3. The molecule has 5 heteroatoms. The summed E-state index contributed by atoms with van der Waals surface area (Å²) in [5.41, 5.74) is 0. The summed E-state index contributed by atoms with van der Waals surface area (Å²) in [5, 5.41) is 3.77. The Hall–Kier alpha value is -0.740. The minimum atomic E-state index is 0.0798. The van der Waals surface area contributed by atoms with Gasteiger partial charge in [0.1, 0.15) is 17.2 Å². The van der Waals surface area contributed by atoms with Crippen LogP contribution in [-0.4, -0.2) is 54.5 Å². The fraction of sp³-hybridized carbons (Fsp3) is 0.750. The molecule has 0 amide bonds. The van der Waals surface area contributed by atoms with Gasteiger partial charge in [-0.05, 0) is 19.9 Å². The summed E-state index contributed by atoms with van der Waals surface area (Å²) in [7, 11) is 0. The summed E-state index contributed by atoms with van der Waals surface area (Å²) in [4.78, 5) is 9.41.